The zero-order chi connectivity index (χ0) is 9.59. The molecule has 1 saturated carbocycles. The Kier molecular flexibility index (Phi) is 1.79. The summed E-state index contributed by atoms with van der Waals surface area (Å²) in [7, 11) is 0. The minimum atomic E-state index is 0.314. The predicted molar refractivity (Wildman–Crippen MR) is 52.1 cm³/mol. The lowest BCUT2D eigenvalue weighted by molar-refractivity contribution is 0.0962. The Labute approximate surface area is 78.4 Å². The van der Waals surface area contributed by atoms with Crippen molar-refractivity contribution in [3.63, 3.8) is 0 Å². The number of nitrogens with one attached hydrogen (secondary N) is 1. The molecule has 1 aromatic rings. The molecule has 0 aromatic carbocycles. The number of carbonyl (C=O) groups is 1. The van der Waals surface area contributed by atoms with Crippen LogP contribution in [0.3, 0.4) is 0 Å². The van der Waals surface area contributed by atoms with Crippen LogP contribution in [0.25, 0.3) is 0 Å². The number of Topliss-reactive ketones (excluding diaryl/α,β-unsaturated/α-hetero) is 1. The molecule has 13 heavy (non-hydrogen) atoms. The molecule has 70 valence electrons. The van der Waals surface area contributed by atoms with Gasteiger partial charge in [0.2, 0.25) is 0 Å². The van der Waals surface area contributed by atoms with Crippen LogP contribution in [0.5, 0.6) is 0 Å². The average molecular weight is 177 g/mol. The molecule has 2 heteroatoms. The Balaban J connectivity index is 2.39. The van der Waals surface area contributed by atoms with Crippen molar-refractivity contribution in [1.82, 2.24) is 4.98 Å². The second-order valence-corrected chi connectivity index (χ2v) is 4.01. The molecule has 1 heterocycles. The van der Waals surface area contributed by atoms with Gasteiger partial charge in [0.1, 0.15) is 0 Å². The Morgan fingerprint density at radius 3 is 2.23 bits per heavy atom. The zero-order valence-electron chi connectivity index (χ0n) is 8.40. The summed E-state index contributed by atoms with van der Waals surface area (Å²) in [6.45, 7) is 6.10. The Morgan fingerprint density at radius 2 is 1.85 bits per heavy atom. The van der Waals surface area contributed by atoms with E-state index in [1.807, 2.05) is 13.8 Å². The van der Waals surface area contributed by atoms with Gasteiger partial charge in [-0.05, 0) is 44.7 Å². The van der Waals surface area contributed by atoms with Crippen LogP contribution in [0.1, 0.15) is 40.2 Å². The predicted octanol–water partition coefficient (Wildman–Crippen LogP) is 2.53. The van der Waals surface area contributed by atoms with Gasteiger partial charge in [-0.3, -0.25) is 4.79 Å². The van der Waals surface area contributed by atoms with Gasteiger partial charge in [-0.25, -0.2) is 0 Å². The second-order valence-electron chi connectivity index (χ2n) is 4.01. The van der Waals surface area contributed by atoms with E-state index < -0.39 is 0 Å². The lowest BCUT2D eigenvalue weighted by Crippen LogP contribution is -2.03. The van der Waals surface area contributed by atoms with E-state index in [0.717, 1.165) is 29.8 Å². The van der Waals surface area contributed by atoms with Crippen molar-refractivity contribution in [3.8, 4) is 0 Å². The molecule has 0 bridgehead atoms. The topological polar surface area (TPSA) is 32.9 Å². The van der Waals surface area contributed by atoms with Crippen molar-refractivity contribution in [2.45, 2.75) is 33.6 Å². The summed E-state index contributed by atoms with van der Waals surface area (Å²) >= 11 is 0. The monoisotopic (exact) mass is 177 g/mol. The molecule has 1 fully saturated rings. The van der Waals surface area contributed by atoms with Crippen molar-refractivity contribution in [2.24, 2.45) is 5.92 Å². The summed E-state index contributed by atoms with van der Waals surface area (Å²) in [5.41, 5.74) is 4.33. The minimum absolute atomic E-state index is 0.314. The molecule has 1 N–H and O–H groups in total. The normalized spacial score (nSPS) is 16.2. The number of ketones is 1. The number of aromatic amines is 1. The fourth-order valence-electron chi connectivity index (χ4n) is 1.64. The first-order chi connectivity index (χ1) is 6.11. The number of aromatic nitrogens is 1. The number of H-pyrrole nitrogens is 1. The lowest BCUT2D eigenvalue weighted by Gasteiger charge is -1.96. The van der Waals surface area contributed by atoms with Gasteiger partial charge < -0.3 is 4.98 Å². The van der Waals surface area contributed by atoms with Gasteiger partial charge in [0.15, 0.2) is 5.78 Å². The Bertz CT molecular complexity index is 358. The summed E-state index contributed by atoms with van der Waals surface area (Å²) in [6.07, 6.45) is 2.16. The maximum Gasteiger partial charge on any atom is 0.182 e. The first-order valence-electron chi connectivity index (χ1n) is 4.81. The maximum absolute atomic E-state index is 11.8. The van der Waals surface area contributed by atoms with Crippen molar-refractivity contribution in [3.05, 3.63) is 22.5 Å². The standard InChI is InChI=1S/C11H15NO/c1-6-7(2)10(12-8(6)3)11(13)9-4-5-9/h9,12H,4-5H2,1-3H3. The molecule has 0 radical (unpaired) electrons. The molecule has 2 nitrogen and oxygen atoms in total. The van der Waals surface area contributed by atoms with Crippen LogP contribution in [0.4, 0.5) is 0 Å². The van der Waals surface area contributed by atoms with Crippen molar-refractivity contribution >= 4 is 5.78 Å². The highest BCUT2D eigenvalue weighted by molar-refractivity contribution is 5.99. The highest BCUT2D eigenvalue weighted by Crippen LogP contribution is 2.33. The summed E-state index contributed by atoms with van der Waals surface area (Å²) in [5, 5.41) is 0. The quantitative estimate of drug-likeness (QED) is 0.692. The highest BCUT2D eigenvalue weighted by Gasteiger charge is 2.32. The van der Waals surface area contributed by atoms with Gasteiger partial charge in [0.25, 0.3) is 0 Å². The number of rotatable bonds is 2. The minimum Gasteiger partial charge on any atom is -0.356 e. The molecule has 0 unspecified atom stereocenters. The molecule has 0 amide bonds. The largest absolute Gasteiger partial charge is 0.356 e. The van der Waals surface area contributed by atoms with Gasteiger partial charge in [-0.2, -0.15) is 0 Å². The SMILES string of the molecule is Cc1[nH]c(C(=O)C2CC2)c(C)c1C. The van der Waals surface area contributed by atoms with E-state index >= 15 is 0 Å². The molecular weight excluding hydrogens is 162 g/mol. The molecule has 0 spiro atoms. The number of aryl methyl sites for hydroxylation is 1. The first kappa shape index (κ1) is 8.54. The molecule has 0 aliphatic heterocycles. The summed E-state index contributed by atoms with van der Waals surface area (Å²) in [6, 6.07) is 0. The molecular formula is C11H15NO. The smallest absolute Gasteiger partial charge is 0.182 e. The van der Waals surface area contributed by atoms with Crippen molar-refractivity contribution in [1.29, 1.82) is 0 Å². The van der Waals surface area contributed by atoms with Gasteiger partial charge >= 0.3 is 0 Å². The van der Waals surface area contributed by atoms with Crippen LogP contribution >= 0.6 is 0 Å². The van der Waals surface area contributed by atoms with E-state index in [9.17, 15) is 4.79 Å². The third-order valence-corrected chi connectivity index (χ3v) is 3.01. The third-order valence-electron chi connectivity index (χ3n) is 3.01. The Hall–Kier alpha value is -1.05. The summed E-state index contributed by atoms with van der Waals surface area (Å²) < 4.78 is 0. The van der Waals surface area contributed by atoms with Crippen molar-refractivity contribution in [2.75, 3.05) is 0 Å². The van der Waals surface area contributed by atoms with E-state index in [2.05, 4.69) is 11.9 Å². The van der Waals surface area contributed by atoms with Crippen LogP contribution in [0, 0.1) is 26.7 Å². The number of hydrogen-bond donors (Lipinski definition) is 1. The maximum atomic E-state index is 11.8. The fraction of sp³-hybridized carbons (Fsp3) is 0.545. The van der Waals surface area contributed by atoms with Gasteiger partial charge in [0.05, 0.1) is 5.69 Å². The summed E-state index contributed by atoms with van der Waals surface area (Å²) in [5.74, 6) is 0.629. The number of hydrogen-bond acceptors (Lipinski definition) is 1. The van der Waals surface area contributed by atoms with E-state index in [4.69, 9.17) is 0 Å². The molecule has 1 aromatic heterocycles. The van der Waals surface area contributed by atoms with E-state index in [-0.39, 0.29) is 0 Å². The molecule has 1 aliphatic carbocycles. The fourth-order valence-corrected chi connectivity index (χ4v) is 1.64. The van der Waals surface area contributed by atoms with Gasteiger partial charge in [-0.15, -0.1) is 0 Å². The van der Waals surface area contributed by atoms with Gasteiger partial charge in [-0.1, -0.05) is 0 Å². The van der Waals surface area contributed by atoms with Crippen LogP contribution in [0.15, 0.2) is 0 Å². The number of carbonyl (C=O) groups excluding carboxylic acids is 1. The van der Waals surface area contributed by atoms with Crippen LogP contribution in [0.2, 0.25) is 0 Å². The van der Waals surface area contributed by atoms with Gasteiger partial charge in [0, 0.05) is 11.6 Å². The van der Waals surface area contributed by atoms with Crippen molar-refractivity contribution < 1.29 is 4.79 Å². The van der Waals surface area contributed by atoms with E-state index in [1.54, 1.807) is 0 Å². The van der Waals surface area contributed by atoms with E-state index in [1.165, 1.54) is 5.56 Å². The third kappa shape index (κ3) is 1.30. The molecule has 0 atom stereocenters. The zero-order valence-corrected chi connectivity index (χ0v) is 8.40. The highest BCUT2D eigenvalue weighted by atomic mass is 16.1. The molecule has 2 rings (SSSR count). The van der Waals surface area contributed by atoms with Crippen LogP contribution in [-0.2, 0) is 0 Å². The Morgan fingerprint density at radius 1 is 1.23 bits per heavy atom. The first-order valence-corrected chi connectivity index (χ1v) is 4.81. The molecule has 1 aliphatic rings. The van der Waals surface area contributed by atoms with E-state index in [0.29, 0.717) is 11.7 Å². The second kappa shape index (κ2) is 2.72. The summed E-state index contributed by atoms with van der Waals surface area (Å²) in [4.78, 5) is 14.9. The van der Waals surface area contributed by atoms with Crippen LogP contribution in [-0.4, -0.2) is 10.8 Å². The molecule has 0 saturated heterocycles. The van der Waals surface area contributed by atoms with Crippen LogP contribution < -0.4 is 0 Å². The average Bonchev–Trinajstić information content (AvgIpc) is 2.89. The lowest BCUT2D eigenvalue weighted by atomic mass is 10.1.